The summed E-state index contributed by atoms with van der Waals surface area (Å²) in [6, 6.07) is 0. The zero-order chi connectivity index (χ0) is 12.4. The summed E-state index contributed by atoms with van der Waals surface area (Å²) in [6.07, 6.45) is 3.09. The van der Waals surface area contributed by atoms with Crippen LogP contribution in [0.3, 0.4) is 0 Å². The molecule has 0 bridgehead atoms. The van der Waals surface area contributed by atoms with Crippen molar-refractivity contribution >= 4 is 11.9 Å². The van der Waals surface area contributed by atoms with E-state index in [-0.39, 0.29) is 23.8 Å². The number of hydrogen-bond acceptors (Lipinski definition) is 3. The number of rotatable bonds is 4. The van der Waals surface area contributed by atoms with Crippen LogP contribution < -0.4 is 5.32 Å². The summed E-state index contributed by atoms with van der Waals surface area (Å²) in [4.78, 5) is 22.5. The third-order valence-corrected chi connectivity index (χ3v) is 3.93. The first-order chi connectivity index (χ1) is 8.06. The predicted molar refractivity (Wildman–Crippen MR) is 60.2 cm³/mol. The number of carbonyl (C=O) groups is 2. The Bertz CT molecular complexity index is 312. The summed E-state index contributed by atoms with van der Waals surface area (Å²) in [5.74, 6) is -0.902. The number of aliphatic carboxylic acids is 1. The molecule has 2 aliphatic rings. The molecule has 0 aromatic rings. The molecule has 0 heterocycles. The van der Waals surface area contributed by atoms with E-state index < -0.39 is 5.97 Å². The monoisotopic (exact) mass is 241 g/mol. The summed E-state index contributed by atoms with van der Waals surface area (Å²) >= 11 is 0. The average molecular weight is 241 g/mol. The van der Waals surface area contributed by atoms with Gasteiger partial charge in [0.1, 0.15) is 0 Å². The van der Waals surface area contributed by atoms with Gasteiger partial charge < -0.3 is 15.5 Å². The van der Waals surface area contributed by atoms with Crippen molar-refractivity contribution in [2.45, 2.75) is 38.2 Å². The molecule has 2 fully saturated rings. The van der Waals surface area contributed by atoms with Gasteiger partial charge in [-0.3, -0.25) is 9.59 Å². The van der Waals surface area contributed by atoms with Crippen molar-refractivity contribution in [3.8, 4) is 0 Å². The van der Waals surface area contributed by atoms with E-state index in [0.717, 1.165) is 12.8 Å². The van der Waals surface area contributed by atoms with Gasteiger partial charge in [-0.1, -0.05) is 0 Å². The standard InChI is InChI=1S/C12H19NO4/c14-10-3-7(4-10)6-13-11(15)8-1-2-9(5-8)12(16)17/h7-10,14H,1-6H2,(H,13,15)(H,16,17)/t7?,8-,9+,10?/m1/s1. The summed E-state index contributed by atoms with van der Waals surface area (Å²) < 4.78 is 0. The van der Waals surface area contributed by atoms with Gasteiger partial charge in [0.15, 0.2) is 0 Å². The van der Waals surface area contributed by atoms with Crippen molar-refractivity contribution in [3.05, 3.63) is 0 Å². The van der Waals surface area contributed by atoms with Crippen molar-refractivity contribution in [2.24, 2.45) is 17.8 Å². The van der Waals surface area contributed by atoms with E-state index in [1.807, 2.05) is 0 Å². The first-order valence-electron chi connectivity index (χ1n) is 6.25. The smallest absolute Gasteiger partial charge is 0.306 e. The van der Waals surface area contributed by atoms with E-state index in [1.165, 1.54) is 0 Å². The number of carboxylic acids is 1. The van der Waals surface area contributed by atoms with Crippen LogP contribution in [0.25, 0.3) is 0 Å². The zero-order valence-corrected chi connectivity index (χ0v) is 9.76. The molecule has 5 nitrogen and oxygen atoms in total. The molecule has 3 N–H and O–H groups in total. The lowest BCUT2D eigenvalue weighted by Gasteiger charge is -2.31. The van der Waals surface area contributed by atoms with Crippen LogP contribution in [0.15, 0.2) is 0 Å². The minimum atomic E-state index is -0.789. The number of aliphatic hydroxyl groups excluding tert-OH is 1. The van der Waals surface area contributed by atoms with Gasteiger partial charge >= 0.3 is 5.97 Å². The molecule has 0 radical (unpaired) electrons. The summed E-state index contributed by atoms with van der Waals surface area (Å²) in [6.45, 7) is 0.615. The number of amides is 1. The minimum Gasteiger partial charge on any atom is -0.481 e. The van der Waals surface area contributed by atoms with Crippen LogP contribution in [0.1, 0.15) is 32.1 Å². The van der Waals surface area contributed by atoms with Gasteiger partial charge in [0.25, 0.3) is 0 Å². The van der Waals surface area contributed by atoms with Gasteiger partial charge in [0.05, 0.1) is 12.0 Å². The fraction of sp³-hybridized carbons (Fsp3) is 0.833. The van der Waals surface area contributed by atoms with Crippen LogP contribution in [0.4, 0.5) is 0 Å². The molecule has 96 valence electrons. The van der Waals surface area contributed by atoms with E-state index >= 15 is 0 Å². The normalized spacial score (nSPS) is 36.3. The largest absolute Gasteiger partial charge is 0.481 e. The molecule has 0 spiro atoms. The number of carbonyl (C=O) groups excluding carboxylic acids is 1. The molecule has 2 aliphatic carbocycles. The van der Waals surface area contributed by atoms with Crippen LogP contribution in [-0.2, 0) is 9.59 Å². The summed E-state index contributed by atoms with van der Waals surface area (Å²) in [7, 11) is 0. The highest BCUT2D eigenvalue weighted by molar-refractivity contribution is 5.80. The summed E-state index contributed by atoms with van der Waals surface area (Å²) in [5.41, 5.74) is 0. The van der Waals surface area contributed by atoms with Gasteiger partial charge in [-0.25, -0.2) is 0 Å². The Labute approximate surface area is 100 Å². The maximum atomic E-state index is 11.8. The van der Waals surface area contributed by atoms with Gasteiger partial charge in [0.2, 0.25) is 5.91 Å². The first-order valence-corrected chi connectivity index (χ1v) is 6.25. The van der Waals surface area contributed by atoms with Gasteiger partial charge in [-0.05, 0) is 38.0 Å². The minimum absolute atomic E-state index is 0.0184. The highest BCUT2D eigenvalue weighted by Gasteiger charge is 2.34. The number of hydrogen-bond donors (Lipinski definition) is 3. The Kier molecular flexibility index (Phi) is 3.66. The third-order valence-electron chi connectivity index (χ3n) is 3.93. The van der Waals surface area contributed by atoms with Crippen LogP contribution in [0.5, 0.6) is 0 Å². The predicted octanol–water partition coefficient (Wildman–Crippen LogP) is 0.374. The molecule has 17 heavy (non-hydrogen) atoms. The highest BCUT2D eigenvalue weighted by Crippen LogP contribution is 2.31. The topological polar surface area (TPSA) is 86.6 Å². The van der Waals surface area contributed by atoms with Crippen LogP contribution in [0, 0.1) is 17.8 Å². The van der Waals surface area contributed by atoms with Crippen LogP contribution >= 0.6 is 0 Å². The second-order valence-electron chi connectivity index (χ2n) is 5.28. The molecule has 0 unspecified atom stereocenters. The maximum absolute atomic E-state index is 11.8. The number of carboxylic acid groups (broad SMARTS) is 1. The van der Waals surface area contributed by atoms with Crippen molar-refractivity contribution < 1.29 is 19.8 Å². The fourth-order valence-electron chi connectivity index (χ4n) is 2.70. The van der Waals surface area contributed by atoms with Crippen molar-refractivity contribution in [2.75, 3.05) is 6.54 Å². The average Bonchev–Trinajstić information content (AvgIpc) is 2.71. The van der Waals surface area contributed by atoms with Crippen molar-refractivity contribution in [3.63, 3.8) is 0 Å². The fourth-order valence-corrected chi connectivity index (χ4v) is 2.70. The molecule has 0 aliphatic heterocycles. The SMILES string of the molecule is O=C(O)[C@H]1CC[C@@H](C(=O)NCC2CC(O)C2)C1. The molecule has 2 rings (SSSR count). The second-order valence-corrected chi connectivity index (χ2v) is 5.28. The molecule has 0 saturated heterocycles. The third kappa shape index (κ3) is 2.97. The maximum Gasteiger partial charge on any atom is 0.306 e. The Balaban J connectivity index is 1.68. The van der Waals surface area contributed by atoms with E-state index in [0.29, 0.717) is 31.7 Å². The molecular weight excluding hydrogens is 222 g/mol. The van der Waals surface area contributed by atoms with E-state index in [4.69, 9.17) is 10.2 Å². The van der Waals surface area contributed by atoms with E-state index in [2.05, 4.69) is 5.32 Å². The quantitative estimate of drug-likeness (QED) is 0.664. The zero-order valence-electron chi connectivity index (χ0n) is 9.76. The molecule has 1 amide bonds. The Morgan fingerprint density at radius 3 is 2.29 bits per heavy atom. The molecular formula is C12H19NO4. The second kappa shape index (κ2) is 5.04. The van der Waals surface area contributed by atoms with Gasteiger partial charge in [-0.15, -0.1) is 0 Å². The number of aliphatic hydroxyl groups is 1. The lowest BCUT2D eigenvalue weighted by Crippen LogP contribution is -2.40. The lowest BCUT2D eigenvalue weighted by molar-refractivity contribution is -0.141. The van der Waals surface area contributed by atoms with Gasteiger partial charge in [-0.2, -0.15) is 0 Å². The van der Waals surface area contributed by atoms with E-state index in [1.54, 1.807) is 0 Å². The van der Waals surface area contributed by atoms with Gasteiger partial charge in [0, 0.05) is 12.5 Å². The van der Waals surface area contributed by atoms with Crippen LogP contribution in [-0.4, -0.2) is 34.7 Å². The molecule has 5 heteroatoms. The summed E-state index contributed by atoms with van der Waals surface area (Å²) in [5, 5.41) is 20.8. The Morgan fingerprint density at radius 1 is 1.12 bits per heavy atom. The molecule has 2 saturated carbocycles. The molecule has 0 aromatic carbocycles. The van der Waals surface area contributed by atoms with Crippen LogP contribution in [0.2, 0.25) is 0 Å². The van der Waals surface area contributed by atoms with Crippen molar-refractivity contribution in [1.82, 2.24) is 5.32 Å². The Morgan fingerprint density at radius 2 is 1.76 bits per heavy atom. The molecule has 2 atom stereocenters. The lowest BCUT2D eigenvalue weighted by atomic mass is 9.82. The molecule has 0 aromatic heterocycles. The van der Waals surface area contributed by atoms with Crippen molar-refractivity contribution in [1.29, 1.82) is 0 Å². The highest BCUT2D eigenvalue weighted by atomic mass is 16.4. The number of nitrogens with one attached hydrogen (secondary N) is 1. The Hall–Kier alpha value is -1.10. The van der Waals surface area contributed by atoms with E-state index in [9.17, 15) is 9.59 Å². The first kappa shape index (κ1) is 12.4.